The minimum absolute atomic E-state index is 0.203. The normalized spacial score (nSPS) is 11.0. The number of alkyl halides is 3. The third-order valence-electron chi connectivity index (χ3n) is 2.86. The highest BCUT2D eigenvalue weighted by Gasteiger charge is 2.33. The van der Waals surface area contributed by atoms with Crippen molar-refractivity contribution >= 4 is 11.6 Å². The highest BCUT2D eigenvalue weighted by Crippen LogP contribution is 2.34. The summed E-state index contributed by atoms with van der Waals surface area (Å²) in [5.74, 6) is -0.507. The summed E-state index contributed by atoms with van der Waals surface area (Å²) in [6, 6.07) is 11.6. The number of carbonyl (C=O) groups is 1. The molecule has 0 radical (unpaired) electrons. The van der Waals surface area contributed by atoms with Crippen molar-refractivity contribution in [2.24, 2.45) is 0 Å². The van der Waals surface area contributed by atoms with Gasteiger partial charge in [0.25, 0.3) is 5.91 Å². The topological polar surface area (TPSA) is 41.1 Å². The van der Waals surface area contributed by atoms with E-state index < -0.39 is 17.6 Å². The number of para-hydroxylation sites is 1. The second-order valence-electron chi connectivity index (χ2n) is 4.49. The van der Waals surface area contributed by atoms with Gasteiger partial charge in [-0.05, 0) is 31.2 Å². The molecule has 0 aliphatic rings. The summed E-state index contributed by atoms with van der Waals surface area (Å²) in [5, 5.41) is 0. The summed E-state index contributed by atoms with van der Waals surface area (Å²) >= 11 is 0. The fourth-order valence-corrected chi connectivity index (χ4v) is 1.74. The van der Waals surface area contributed by atoms with Crippen LogP contribution in [-0.2, 0) is 6.18 Å². The Kier molecular flexibility index (Phi) is 4.16. The zero-order chi connectivity index (χ0) is 15.5. The highest BCUT2D eigenvalue weighted by molar-refractivity contribution is 5.94. The van der Waals surface area contributed by atoms with E-state index in [2.05, 4.69) is 10.9 Å². The SMILES string of the molecule is Cc1ccc(C(=O)NNc2ccccc2C(F)(F)F)cc1. The molecule has 0 aliphatic heterocycles. The molecule has 21 heavy (non-hydrogen) atoms. The molecule has 2 aromatic carbocycles. The van der Waals surface area contributed by atoms with Crippen molar-refractivity contribution in [2.75, 3.05) is 5.43 Å². The zero-order valence-electron chi connectivity index (χ0n) is 11.2. The smallest absolute Gasteiger partial charge is 0.298 e. The molecule has 0 spiro atoms. The Labute approximate surface area is 119 Å². The van der Waals surface area contributed by atoms with Crippen LogP contribution in [0.3, 0.4) is 0 Å². The maximum absolute atomic E-state index is 12.8. The Bertz CT molecular complexity index is 636. The van der Waals surface area contributed by atoms with E-state index in [9.17, 15) is 18.0 Å². The maximum Gasteiger partial charge on any atom is 0.418 e. The van der Waals surface area contributed by atoms with Gasteiger partial charge in [-0.1, -0.05) is 29.8 Å². The first-order valence-electron chi connectivity index (χ1n) is 6.17. The molecule has 0 aromatic heterocycles. The van der Waals surface area contributed by atoms with E-state index in [1.54, 1.807) is 24.3 Å². The second kappa shape index (κ2) is 5.87. The number of halogens is 3. The summed E-state index contributed by atoms with van der Waals surface area (Å²) in [4.78, 5) is 11.8. The molecular weight excluding hydrogens is 281 g/mol. The predicted octanol–water partition coefficient (Wildman–Crippen LogP) is 3.77. The van der Waals surface area contributed by atoms with Crippen molar-refractivity contribution < 1.29 is 18.0 Å². The maximum atomic E-state index is 12.8. The van der Waals surface area contributed by atoms with Gasteiger partial charge in [0, 0.05) is 5.56 Å². The molecule has 2 N–H and O–H groups in total. The van der Waals surface area contributed by atoms with Crippen LogP contribution in [0, 0.1) is 6.92 Å². The number of hydrogen-bond acceptors (Lipinski definition) is 2. The molecule has 0 aliphatic carbocycles. The van der Waals surface area contributed by atoms with Crippen LogP contribution in [0.4, 0.5) is 18.9 Å². The van der Waals surface area contributed by atoms with Gasteiger partial charge in [0.05, 0.1) is 11.3 Å². The van der Waals surface area contributed by atoms with Gasteiger partial charge in [-0.2, -0.15) is 13.2 Å². The Hall–Kier alpha value is -2.50. The largest absolute Gasteiger partial charge is 0.418 e. The van der Waals surface area contributed by atoms with Crippen molar-refractivity contribution in [3.05, 3.63) is 65.2 Å². The molecular formula is C15H13F3N2O. The second-order valence-corrected chi connectivity index (χ2v) is 4.49. The quantitative estimate of drug-likeness (QED) is 0.846. The summed E-state index contributed by atoms with van der Waals surface area (Å²) in [5.41, 5.74) is 4.88. The Morgan fingerprint density at radius 1 is 1.00 bits per heavy atom. The van der Waals surface area contributed by atoms with Gasteiger partial charge >= 0.3 is 6.18 Å². The summed E-state index contributed by atoms with van der Waals surface area (Å²) < 4.78 is 38.4. The van der Waals surface area contributed by atoms with Crippen LogP contribution in [-0.4, -0.2) is 5.91 Å². The van der Waals surface area contributed by atoms with E-state index in [-0.39, 0.29) is 5.69 Å². The molecule has 0 saturated carbocycles. The van der Waals surface area contributed by atoms with Crippen LogP contribution in [0.1, 0.15) is 21.5 Å². The number of anilines is 1. The molecule has 3 nitrogen and oxygen atoms in total. The summed E-state index contributed by atoms with van der Waals surface area (Å²) in [7, 11) is 0. The van der Waals surface area contributed by atoms with Crippen LogP contribution < -0.4 is 10.9 Å². The van der Waals surface area contributed by atoms with Crippen LogP contribution in [0.25, 0.3) is 0 Å². The molecule has 0 fully saturated rings. The monoisotopic (exact) mass is 294 g/mol. The van der Waals surface area contributed by atoms with Crippen LogP contribution in [0.2, 0.25) is 0 Å². The molecule has 110 valence electrons. The minimum atomic E-state index is -4.49. The van der Waals surface area contributed by atoms with E-state index >= 15 is 0 Å². The first kappa shape index (κ1) is 14.9. The van der Waals surface area contributed by atoms with Gasteiger partial charge in [0.1, 0.15) is 0 Å². The molecule has 0 saturated heterocycles. The van der Waals surface area contributed by atoms with Gasteiger partial charge in [-0.25, -0.2) is 0 Å². The van der Waals surface area contributed by atoms with Crippen molar-refractivity contribution in [3.8, 4) is 0 Å². The Balaban J connectivity index is 2.10. The standard InChI is InChI=1S/C15H13F3N2O/c1-10-6-8-11(9-7-10)14(21)20-19-13-5-3-2-4-12(13)15(16,17)18/h2-9,19H,1H3,(H,20,21). The van der Waals surface area contributed by atoms with E-state index in [1.165, 1.54) is 18.2 Å². The fraction of sp³-hybridized carbons (Fsp3) is 0.133. The lowest BCUT2D eigenvalue weighted by Crippen LogP contribution is -2.30. The number of carbonyl (C=O) groups excluding carboxylic acids is 1. The number of hydrazine groups is 1. The number of benzene rings is 2. The van der Waals surface area contributed by atoms with Crippen molar-refractivity contribution in [2.45, 2.75) is 13.1 Å². The lowest BCUT2D eigenvalue weighted by Gasteiger charge is -2.15. The van der Waals surface area contributed by atoms with Gasteiger partial charge in [-0.3, -0.25) is 15.6 Å². The third kappa shape index (κ3) is 3.75. The number of hydrogen-bond donors (Lipinski definition) is 2. The van der Waals surface area contributed by atoms with Crippen molar-refractivity contribution in [1.29, 1.82) is 0 Å². The number of aryl methyl sites for hydroxylation is 1. The van der Waals surface area contributed by atoms with Crippen molar-refractivity contribution in [3.63, 3.8) is 0 Å². The van der Waals surface area contributed by atoms with E-state index in [1.807, 2.05) is 6.92 Å². The first-order chi connectivity index (χ1) is 9.88. The molecule has 6 heteroatoms. The number of rotatable bonds is 3. The highest BCUT2D eigenvalue weighted by atomic mass is 19.4. The minimum Gasteiger partial charge on any atom is -0.298 e. The van der Waals surface area contributed by atoms with Gasteiger partial charge < -0.3 is 0 Å². The predicted molar refractivity (Wildman–Crippen MR) is 73.7 cm³/mol. The Morgan fingerprint density at radius 2 is 1.62 bits per heavy atom. The lowest BCUT2D eigenvalue weighted by atomic mass is 10.1. The molecule has 2 rings (SSSR count). The average Bonchev–Trinajstić information content (AvgIpc) is 2.45. The lowest BCUT2D eigenvalue weighted by molar-refractivity contribution is -0.137. The molecule has 0 heterocycles. The van der Waals surface area contributed by atoms with Gasteiger partial charge in [-0.15, -0.1) is 0 Å². The first-order valence-corrected chi connectivity index (χ1v) is 6.17. The molecule has 0 atom stereocenters. The number of amides is 1. The molecule has 0 bridgehead atoms. The number of nitrogens with one attached hydrogen (secondary N) is 2. The van der Waals surface area contributed by atoms with E-state index in [0.29, 0.717) is 5.56 Å². The third-order valence-corrected chi connectivity index (χ3v) is 2.86. The van der Waals surface area contributed by atoms with Gasteiger partial charge in [0.2, 0.25) is 0 Å². The van der Waals surface area contributed by atoms with Crippen LogP contribution in [0.5, 0.6) is 0 Å². The van der Waals surface area contributed by atoms with E-state index in [0.717, 1.165) is 11.6 Å². The molecule has 1 amide bonds. The summed E-state index contributed by atoms with van der Waals surface area (Å²) in [6.07, 6.45) is -4.49. The average molecular weight is 294 g/mol. The van der Waals surface area contributed by atoms with Crippen molar-refractivity contribution in [1.82, 2.24) is 5.43 Å². The van der Waals surface area contributed by atoms with Crippen LogP contribution in [0.15, 0.2) is 48.5 Å². The van der Waals surface area contributed by atoms with Crippen LogP contribution >= 0.6 is 0 Å². The Morgan fingerprint density at radius 3 is 2.24 bits per heavy atom. The summed E-state index contributed by atoms with van der Waals surface area (Å²) in [6.45, 7) is 1.87. The fourth-order valence-electron chi connectivity index (χ4n) is 1.74. The zero-order valence-corrected chi connectivity index (χ0v) is 11.2. The molecule has 2 aromatic rings. The van der Waals surface area contributed by atoms with Gasteiger partial charge in [0.15, 0.2) is 0 Å². The molecule has 0 unspecified atom stereocenters. The van der Waals surface area contributed by atoms with E-state index in [4.69, 9.17) is 0 Å².